The Balaban J connectivity index is 1.81. The van der Waals surface area contributed by atoms with E-state index in [1.54, 1.807) is 6.20 Å². The van der Waals surface area contributed by atoms with E-state index in [1.807, 2.05) is 59.6 Å². The summed E-state index contributed by atoms with van der Waals surface area (Å²) in [5.74, 6) is 0. The predicted molar refractivity (Wildman–Crippen MR) is 110 cm³/mol. The summed E-state index contributed by atoms with van der Waals surface area (Å²) in [5, 5.41) is 14.2. The lowest BCUT2D eigenvalue weighted by molar-refractivity contribution is 0.220. The number of nitrogens with zero attached hydrogens (tertiary/aromatic N) is 3. The van der Waals surface area contributed by atoms with Crippen LogP contribution in [0.5, 0.6) is 0 Å². The standard InChI is InChI=1S/C20H19ClN4OS/c21-14-5-3-6-15(13-14)24-10-4-8-17(24)19-18(16-7-1-2-9-22-16)23-20(27)25(19)11-12-26/h1-10,13,18-19,26H,11-12H2,(H,23,27)/t18-,19+/m1/s1. The molecule has 0 spiro atoms. The van der Waals surface area contributed by atoms with Crippen LogP contribution in [0, 0.1) is 0 Å². The average molecular weight is 399 g/mol. The smallest absolute Gasteiger partial charge is 0.170 e. The lowest BCUT2D eigenvalue weighted by Gasteiger charge is -2.28. The summed E-state index contributed by atoms with van der Waals surface area (Å²) in [7, 11) is 0. The average Bonchev–Trinajstić information content (AvgIpc) is 3.28. The van der Waals surface area contributed by atoms with Crippen LogP contribution in [0.1, 0.15) is 23.5 Å². The quantitative estimate of drug-likeness (QED) is 0.644. The van der Waals surface area contributed by atoms with Gasteiger partial charge in [0, 0.05) is 35.3 Å². The van der Waals surface area contributed by atoms with E-state index in [0.717, 1.165) is 17.1 Å². The number of β-amino-alcohol motifs (C(OH)–C–C–N with tert-alkyl or cyclic N) is 1. The highest BCUT2D eigenvalue weighted by Crippen LogP contribution is 2.39. The molecule has 0 saturated carbocycles. The maximum atomic E-state index is 9.57. The van der Waals surface area contributed by atoms with Gasteiger partial charge in [0.2, 0.25) is 0 Å². The largest absolute Gasteiger partial charge is 0.395 e. The molecule has 3 heterocycles. The van der Waals surface area contributed by atoms with Gasteiger partial charge in [-0.1, -0.05) is 23.7 Å². The lowest BCUT2D eigenvalue weighted by Crippen LogP contribution is -2.32. The third-order valence-electron chi connectivity index (χ3n) is 4.71. The maximum absolute atomic E-state index is 9.57. The molecule has 4 rings (SSSR count). The Morgan fingerprint density at radius 3 is 2.78 bits per heavy atom. The van der Waals surface area contributed by atoms with Crippen molar-refractivity contribution in [2.24, 2.45) is 0 Å². The minimum atomic E-state index is -0.113. The van der Waals surface area contributed by atoms with Crippen molar-refractivity contribution in [2.75, 3.05) is 13.2 Å². The third kappa shape index (κ3) is 3.43. The van der Waals surface area contributed by atoms with Crippen LogP contribution in [0.2, 0.25) is 5.02 Å². The molecule has 0 bridgehead atoms. The van der Waals surface area contributed by atoms with Crippen molar-refractivity contribution in [2.45, 2.75) is 12.1 Å². The molecule has 1 fully saturated rings. The highest BCUT2D eigenvalue weighted by Gasteiger charge is 2.40. The molecule has 0 unspecified atom stereocenters. The molecule has 1 aromatic carbocycles. The fourth-order valence-corrected chi connectivity index (χ4v) is 4.09. The molecule has 138 valence electrons. The first-order valence-corrected chi connectivity index (χ1v) is 9.50. The summed E-state index contributed by atoms with van der Waals surface area (Å²) in [5.41, 5.74) is 2.93. The van der Waals surface area contributed by atoms with Crippen LogP contribution in [-0.4, -0.2) is 37.8 Å². The molecule has 0 aliphatic carbocycles. The molecule has 1 saturated heterocycles. The Morgan fingerprint density at radius 2 is 2.04 bits per heavy atom. The molecule has 0 radical (unpaired) electrons. The summed E-state index contributed by atoms with van der Waals surface area (Å²) >= 11 is 11.8. The molecular formula is C20H19ClN4OS. The molecule has 1 aliphatic rings. The van der Waals surface area contributed by atoms with Gasteiger partial charge in [0.15, 0.2) is 5.11 Å². The predicted octanol–water partition coefficient (Wildman–Crippen LogP) is 3.49. The lowest BCUT2D eigenvalue weighted by atomic mass is 10.0. The molecule has 27 heavy (non-hydrogen) atoms. The van der Waals surface area contributed by atoms with Crippen LogP contribution in [0.3, 0.4) is 0 Å². The monoisotopic (exact) mass is 398 g/mol. The van der Waals surface area contributed by atoms with Crippen LogP contribution in [0.4, 0.5) is 0 Å². The van der Waals surface area contributed by atoms with E-state index in [4.69, 9.17) is 23.8 Å². The second-order valence-corrected chi connectivity index (χ2v) is 7.15. The maximum Gasteiger partial charge on any atom is 0.170 e. The Labute approximate surface area is 168 Å². The Hall–Kier alpha value is -2.41. The van der Waals surface area contributed by atoms with E-state index < -0.39 is 0 Å². The number of aliphatic hydroxyl groups is 1. The van der Waals surface area contributed by atoms with Crippen LogP contribution in [-0.2, 0) is 0 Å². The first-order valence-electron chi connectivity index (χ1n) is 8.71. The number of nitrogens with one attached hydrogen (secondary N) is 1. The second-order valence-electron chi connectivity index (χ2n) is 6.33. The second kappa shape index (κ2) is 7.68. The number of benzene rings is 1. The topological polar surface area (TPSA) is 53.3 Å². The van der Waals surface area contributed by atoms with E-state index in [2.05, 4.69) is 20.9 Å². The number of aromatic nitrogens is 2. The SMILES string of the molecule is OCCN1C(=S)N[C@H](c2ccccn2)[C@@H]1c1cccn1-c1cccc(Cl)c1. The van der Waals surface area contributed by atoms with Crippen molar-refractivity contribution in [3.05, 3.63) is 83.4 Å². The van der Waals surface area contributed by atoms with E-state index in [-0.39, 0.29) is 18.7 Å². The number of thiocarbonyl (C=S) groups is 1. The molecular weight excluding hydrogens is 380 g/mol. The van der Waals surface area contributed by atoms with Gasteiger partial charge in [-0.05, 0) is 54.7 Å². The Bertz CT molecular complexity index is 946. The van der Waals surface area contributed by atoms with E-state index in [1.165, 1.54) is 0 Å². The van der Waals surface area contributed by atoms with E-state index >= 15 is 0 Å². The van der Waals surface area contributed by atoms with Crippen molar-refractivity contribution in [1.82, 2.24) is 19.8 Å². The number of halogens is 1. The first-order chi connectivity index (χ1) is 13.2. The van der Waals surface area contributed by atoms with Gasteiger partial charge in [0.25, 0.3) is 0 Å². The van der Waals surface area contributed by atoms with Crippen LogP contribution in [0.15, 0.2) is 67.0 Å². The Kier molecular flexibility index (Phi) is 5.11. The molecule has 5 nitrogen and oxygen atoms in total. The summed E-state index contributed by atoms with van der Waals surface area (Å²) in [6, 6.07) is 17.4. The van der Waals surface area contributed by atoms with Crippen molar-refractivity contribution >= 4 is 28.9 Å². The van der Waals surface area contributed by atoms with Crippen molar-refractivity contribution < 1.29 is 5.11 Å². The number of rotatable bonds is 5. The summed E-state index contributed by atoms with van der Waals surface area (Å²) in [4.78, 5) is 6.54. The number of hydrogen-bond acceptors (Lipinski definition) is 3. The van der Waals surface area contributed by atoms with Crippen LogP contribution < -0.4 is 5.32 Å². The fourth-order valence-electron chi connectivity index (χ4n) is 3.57. The van der Waals surface area contributed by atoms with E-state index in [9.17, 15) is 5.11 Å². The molecule has 0 amide bonds. The van der Waals surface area contributed by atoms with Gasteiger partial charge in [-0.25, -0.2) is 0 Å². The minimum Gasteiger partial charge on any atom is -0.395 e. The van der Waals surface area contributed by atoms with Crippen LogP contribution in [0.25, 0.3) is 5.69 Å². The molecule has 2 atom stereocenters. The van der Waals surface area contributed by atoms with Crippen molar-refractivity contribution in [3.8, 4) is 5.69 Å². The Morgan fingerprint density at radius 1 is 1.15 bits per heavy atom. The van der Waals surface area contributed by atoms with Gasteiger partial charge >= 0.3 is 0 Å². The zero-order chi connectivity index (χ0) is 18.8. The van der Waals surface area contributed by atoms with E-state index in [0.29, 0.717) is 16.7 Å². The van der Waals surface area contributed by atoms with Crippen molar-refractivity contribution in [1.29, 1.82) is 0 Å². The van der Waals surface area contributed by atoms with Gasteiger partial charge in [-0.2, -0.15) is 0 Å². The highest BCUT2D eigenvalue weighted by atomic mass is 35.5. The van der Waals surface area contributed by atoms with Gasteiger partial charge in [0.05, 0.1) is 24.4 Å². The van der Waals surface area contributed by atoms with Crippen molar-refractivity contribution in [3.63, 3.8) is 0 Å². The third-order valence-corrected chi connectivity index (χ3v) is 5.30. The number of aliphatic hydroxyl groups excluding tert-OH is 1. The number of pyridine rings is 1. The normalized spacial score (nSPS) is 19.3. The summed E-state index contributed by atoms with van der Waals surface area (Å²) in [6.45, 7) is 0.464. The molecule has 7 heteroatoms. The zero-order valence-electron chi connectivity index (χ0n) is 14.5. The van der Waals surface area contributed by atoms with Gasteiger partial charge in [-0.3, -0.25) is 4.98 Å². The minimum absolute atomic E-state index is 0.0190. The molecule has 1 aliphatic heterocycles. The summed E-state index contributed by atoms with van der Waals surface area (Å²) < 4.78 is 2.10. The molecule has 3 aromatic rings. The van der Waals surface area contributed by atoms with Gasteiger partial charge in [0.1, 0.15) is 0 Å². The fraction of sp³-hybridized carbons (Fsp3) is 0.200. The summed E-state index contributed by atoms with van der Waals surface area (Å²) in [6.07, 6.45) is 3.79. The van der Waals surface area contributed by atoms with Crippen LogP contribution >= 0.6 is 23.8 Å². The first kappa shape index (κ1) is 18.0. The molecule has 2 aromatic heterocycles. The molecule has 2 N–H and O–H groups in total. The van der Waals surface area contributed by atoms with Gasteiger partial charge < -0.3 is 19.9 Å². The highest BCUT2D eigenvalue weighted by molar-refractivity contribution is 7.80. The number of hydrogen-bond donors (Lipinski definition) is 2. The van der Waals surface area contributed by atoms with Gasteiger partial charge in [-0.15, -0.1) is 0 Å². The zero-order valence-corrected chi connectivity index (χ0v) is 16.1.